The van der Waals surface area contributed by atoms with E-state index in [-0.39, 0.29) is 0 Å². The van der Waals surface area contributed by atoms with Crippen molar-refractivity contribution in [3.8, 4) is 0 Å². The van der Waals surface area contributed by atoms with Gasteiger partial charge in [-0.15, -0.1) is 0 Å². The highest BCUT2D eigenvalue weighted by molar-refractivity contribution is 9.10. The van der Waals surface area contributed by atoms with Crippen molar-refractivity contribution in [3.05, 3.63) is 55.2 Å². The highest BCUT2D eigenvalue weighted by Gasteiger charge is 2.18. The summed E-state index contributed by atoms with van der Waals surface area (Å²) in [5.74, 6) is 0. The second kappa shape index (κ2) is 6.88. The largest absolute Gasteiger partial charge is 0.306 e. The Bertz CT molecular complexity index is 589. The van der Waals surface area contributed by atoms with Gasteiger partial charge in [0.1, 0.15) is 0 Å². The fourth-order valence-corrected chi connectivity index (χ4v) is 3.79. The van der Waals surface area contributed by atoms with Crippen molar-refractivity contribution >= 4 is 27.3 Å². The molecular formula is C17H22BrNS. The molecule has 1 N–H and O–H groups in total. The van der Waals surface area contributed by atoms with Gasteiger partial charge in [0.25, 0.3) is 0 Å². The van der Waals surface area contributed by atoms with E-state index in [2.05, 4.69) is 71.8 Å². The van der Waals surface area contributed by atoms with Gasteiger partial charge < -0.3 is 5.32 Å². The summed E-state index contributed by atoms with van der Waals surface area (Å²) >= 11 is 5.41. The summed E-state index contributed by atoms with van der Waals surface area (Å²) in [7, 11) is 0. The quantitative estimate of drug-likeness (QED) is 0.747. The van der Waals surface area contributed by atoms with E-state index in [9.17, 15) is 0 Å². The molecule has 0 aliphatic rings. The van der Waals surface area contributed by atoms with Gasteiger partial charge in [0.15, 0.2) is 0 Å². The minimum absolute atomic E-state index is 0.299. The normalized spacial score (nSPS) is 12.7. The van der Waals surface area contributed by atoms with E-state index in [4.69, 9.17) is 0 Å². The number of hydrogen-bond donors (Lipinski definition) is 1. The van der Waals surface area contributed by atoms with E-state index < -0.39 is 0 Å². The average Bonchev–Trinajstić information content (AvgIpc) is 2.82. The highest BCUT2D eigenvalue weighted by atomic mass is 79.9. The Morgan fingerprint density at radius 1 is 1.05 bits per heavy atom. The lowest BCUT2D eigenvalue weighted by Crippen LogP contribution is -2.24. The van der Waals surface area contributed by atoms with Gasteiger partial charge in [-0.3, -0.25) is 0 Å². The molecule has 108 valence electrons. The lowest BCUT2D eigenvalue weighted by Gasteiger charge is -2.22. The Morgan fingerprint density at radius 3 is 2.40 bits per heavy atom. The number of hydrogen-bond acceptors (Lipinski definition) is 2. The minimum atomic E-state index is 0.299. The summed E-state index contributed by atoms with van der Waals surface area (Å²) in [4.78, 5) is 0. The van der Waals surface area contributed by atoms with Crippen molar-refractivity contribution in [2.24, 2.45) is 0 Å². The third-order valence-corrected chi connectivity index (χ3v) is 5.40. The van der Waals surface area contributed by atoms with Crippen LogP contribution >= 0.6 is 27.3 Å². The minimum Gasteiger partial charge on any atom is -0.306 e. The SMILES string of the molecule is CCCNC(c1cscc1C)c1cc(C)c(Br)cc1C. The van der Waals surface area contributed by atoms with Crippen LogP contribution in [-0.2, 0) is 0 Å². The van der Waals surface area contributed by atoms with Crippen molar-refractivity contribution in [2.75, 3.05) is 6.54 Å². The predicted octanol–water partition coefficient (Wildman–Crippen LogP) is 5.52. The molecule has 20 heavy (non-hydrogen) atoms. The Morgan fingerprint density at radius 2 is 1.80 bits per heavy atom. The molecule has 0 aliphatic heterocycles. The van der Waals surface area contributed by atoms with Crippen LogP contribution in [0.25, 0.3) is 0 Å². The van der Waals surface area contributed by atoms with Crippen molar-refractivity contribution in [1.82, 2.24) is 5.32 Å². The van der Waals surface area contributed by atoms with E-state index in [0.717, 1.165) is 13.0 Å². The number of halogens is 1. The standard InChI is InChI=1S/C17H22BrNS/c1-5-6-19-17(15-10-20-9-13(15)4)14-7-12(3)16(18)8-11(14)2/h7-10,17,19H,5-6H2,1-4H3. The third-order valence-electron chi connectivity index (χ3n) is 3.66. The second-order valence-electron chi connectivity index (χ2n) is 5.36. The van der Waals surface area contributed by atoms with E-state index in [0.29, 0.717) is 6.04 Å². The van der Waals surface area contributed by atoms with E-state index in [1.54, 1.807) is 11.3 Å². The molecule has 0 saturated heterocycles. The molecule has 0 fully saturated rings. The number of rotatable bonds is 5. The fraction of sp³-hybridized carbons (Fsp3) is 0.412. The Hall–Kier alpha value is -0.640. The maximum absolute atomic E-state index is 3.71. The number of nitrogens with one attached hydrogen (secondary N) is 1. The van der Waals surface area contributed by atoms with Crippen molar-refractivity contribution < 1.29 is 0 Å². The van der Waals surface area contributed by atoms with Crippen LogP contribution in [0.1, 0.15) is 47.2 Å². The zero-order valence-electron chi connectivity index (χ0n) is 12.6. The van der Waals surface area contributed by atoms with Crippen LogP contribution in [0.4, 0.5) is 0 Å². The van der Waals surface area contributed by atoms with Gasteiger partial charge in [0.05, 0.1) is 6.04 Å². The molecule has 1 aromatic heterocycles. The van der Waals surface area contributed by atoms with E-state index in [1.165, 1.54) is 32.3 Å². The van der Waals surface area contributed by atoms with Gasteiger partial charge in [-0.2, -0.15) is 11.3 Å². The maximum atomic E-state index is 3.71. The highest BCUT2D eigenvalue weighted by Crippen LogP contribution is 2.32. The first-order chi connectivity index (χ1) is 9.54. The van der Waals surface area contributed by atoms with Gasteiger partial charge in [0.2, 0.25) is 0 Å². The number of benzene rings is 1. The van der Waals surface area contributed by atoms with Crippen LogP contribution < -0.4 is 5.32 Å². The first-order valence-electron chi connectivity index (χ1n) is 7.07. The zero-order valence-corrected chi connectivity index (χ0v) is 15.0. The summed E-state index contributed by atoms with van der Waals surface area (Å²) in [5.41, 5.74) is 6.81. The van der Waals surface area contributed by atoms with Crippen LogP contribution in [0.2, 0.25) is 0 Å². The molecule has 1 atom stereocenters. The van der Waals surface area contributed by atoms with Gasteiger partial charge in [-0.25, -0.2) is 0 Å². The van der Waals surface area contributed by atoms with Crippen molar-refractivity contribution in [3.63, 3.8) is 0 Å². The van der Waals surface area contributed by atoms with E-state index in [1.807, 2.05) is 0 Å². The molecule has 0 radical (unpaired) electrons. The molecule has 1 nitrogen and oxygen atoms in total. The molecule has 0 amide bonds. The molecule has 2 aromatic rings. The molecule has 1 aromatic carbocycles. The first kappa shape index (κ1) is 15.7. The third kappa shape index (κ3) is 3.33. The van der Waals surface area contributed by atoms with Crippen LogP contribution in [0.3, 0.4) is 0 Å². The average molecular weight is 352 g/mol. The summed E-state index contributed by atoms with van der Waals surface area (Å²) in [6, 6.07) is 4.84. The van der Waals surface area contributed by atoms with Crippen LogP contribution in [0, 0.1) is 20.8 Å². The molecule has 0 saturated carbocycles. The fourth-order valence-electron chi connectivity index (χ4n) is 2.46. The van der Waals surface area contributed by atoms with Gasteiger partial charge in [-0.1, -0.05) is 28.9 Å². The lowest BCUT2D eigenvalue weighted by molar-refractivity contribution is 0.595. The molecule has 1 heterocycles. The van der Waals surface area contributed by atoms with Crippen LogP contribution in [0.5, 0.6) is 0 Å². The molecule has 0 aliphatic carbocycles. The van der Waals surface area contributed by atoms with Crippen molar-refractivity contribution in [2.45, 2.75) is 40.2 Å². The van der Waals surface area contributed by atoms with Crippen LogP contribution in [-0.4, -0.2) is 6.54 Å². The van der Waals surface area contributed by atoms with Gasteiger partial charge in [0, 0.05) is 4.47 Å². The van der Waals surface area contributed by atoms with Gasteiger partial charge in [-0.05, 0) is 78.4 Å². The zero-order chi connectivity index (χ0) is 14.7. The first-order valence-corrected chi connectivity index (χ1v) is 8.80. The number of aryl methyl sites for hydroxylation is 3. The Labute approximate surface area is 134 Å². The van der Waals surface area contributed by atoms with Gasteiger partial charge >= 0.3 is 0 Å². The second-order valence-corrected chi connectivity index (χ2v) is 6.95. The maximum Gasteiger partial charge on any atom is 0.0590 e. The summed E-state index contributed by atoms with van der Waals surface area (Å²) in [6.45, 7) is 9.80. The Kier molecular flexibility index (Phi) is 5.42. The number of thiophene rings is 1. The molecule has 1 unspecified atom stereocenters. The monoisotopic (exact) mass is 351 g/mol. The molecule has 0 bridgehead atoms. The van der Waals surface area contributed by atoms with Crippen molar-refractivity contribution in [1.29, 1.82) is 0 Å². The molecular weight excluding hydrogens is 330 g/mol. The molecule has 0 spiro atoms. The summed E-state index contributed by atoms with van der Waals surface area (Å²) < 4.78 is 1.19. The predicted molar refractivity (Wildman–Crippen MR) is 92.8 cm³/mol. The molecule has 3 heteroatoms. The van der Waals surface area contributed by atoms with Crippen LogP contribution in [0.15, 0.2) is 27.4 Å². The smallest absolute Gasteiger partial charge is 0.0590 e. The molecule has 2 rings (SSSR count). The summed E-state index contributed by atoms with van der Waals surface area (Å²) in [6.07, 6.45) is 1.15. The lowest BCUT2D eigenvalue weighted by atomic mass is 9.93. The Balaban J connectivity index is 2.46. The summed E-state index contributed by atoms with van der Waals surface area (Å²) in [5, 5.41) is 8.22. The van der Waals surface area contributed by atoms with E-state index >= 15 is 0 Å². The topological polar surface area (TPSA) is 12.0 Å².